The third-order valence-corrected chi connectivity index (χ3v) is 3.17. The molecule has 1 aromatic rings. The lowest BCUT2D eigenvalue weighted by atomic mass is 9.93. The Balaban J connectivity index is 2.86. The molecule has 0 bridgehead atoms. The largest absolute Gasteiger partial charge is 0.324 e. The fourth-order valence-electron chi connectivity index (χ4n) is 1.88. The zero-order valence-corrected chi connectivity index (χ0v) is 10.9. The summed E-state index contributed by atoms with van der Waals surface area (Å²) in [6.07, 6.45) is 0.282. The molecule has 0 aliphatic rings. The SMILES string of the molecule is CNNC(=O)CC(N)c1ccc(C)c(C)c1C. The van der Waals surface area contributed by atoms with E-state index in [1.54, 1.807) is 7.05 Å². The Morgan fingerprint density at radius 3 is 2.53 bits per heavy atom. The lowest BCUT2D eigenvalue weighted by molar-refractivity contribution is -0.122. The Labute approximate surface area is 103 Å². The monoisotopic (exact) mass is 235 g/mol. The molecule has 0 aliphatic heterocycles. The summed E-state index contributed by atoms with van der Waals surface area (Å²) in [4.78, 5) is 11.4. The van der Waals surface area contributed by atoms with E-state index in [4.69, 9.17) is 5.73 Å². The van der Waals surface area contributed by atoms with E-state index in [9.17, 15) is 4.79 Å². The summed E-state index contributed by atoms with van der Waals surface area (Å²) in [5.41, 5.74) is 15.9. The molecule has 94 valence electrons. The van der Waals surface area contributed by atoms with Gasteiger partial charge in [-0.3, -0.25) is 10.2 Å². The van der Waals surface area contributed by atoms with Gasteiger partial charge in [0, 0.05) is 19.5 Å². The fourth-order valence-corrected chi connectivity index (χ4v) is 1.88. The topological polar surface area (TPSA) is 67.1 Å². The maximum atomic E-state index is 11.4. The molecule has 4 nitrogen and oxygen atoms in total. The molecule has 0 fully saturated rings. The van der Waals surface area contributed by atoms with E-state index in [0.717, 1.165) is 5.56 Å². The predicted octanol–water partition coefficient (Wildman–Crippen LogP) is 1.25. The van der Waals surface area contributed by atoms with Crippen molar-refractivity contribution in [3.8, 4) is 0 Å². The van der Waals surface area contributed by atoms with Gasteiger partial charge in [0.1, 0.15) is 0 Å². The van der Waals surface area contributed by atoms with Crippen LogP contribution in [0.15, 0.2) is 12.1 Å². The van der Waals surface area contributed by atoms with Gasteiger partial charge in [0.05, 0.1) is 0 Å². The average Bonchev–Trinajstić information content (AvgIpc) is 2.26. The third kappa shape index (κ3) is 3.28. The van der Waals surface area contributed by atoms with Gasteiger partial charge in [-0.1, -0.05) is 12.1 Å². The first-order valence-electron chi connectivity index (χ1n) is 5.75. The first-order chi connectivity index (χ1) is 7.97. The van der Waals surface area contributed by atoms with Crippen molar-refractivity contribution < 1.29 is 4.79 Å². The number of nitrogens with two attached hydrogens (primary N) is 1. The second-order valence-corrected chi connectivity index (χ2v) is 4.33. The maximum absolute atomic E-state index is 11.4. The van der Waals surface area contributed by atoms with Crippen molar-refractivity contribution in [2.24, 2.45) is 5.73 Å². The van der Waals surface area contributed by atoms with Gasteiger partial charge in [0.2, 0.25) is 5.91 Å². The summed E-state index contributed by atoms with van der Waals surface area (Å²) in [6.45, 7) is 6.20. The van der Waals surface area contributed by atoms with Crippen LogP contribution in [0.5, 0.6) is 0 Å². The van der Waals surface area contributed by atoms with Gasteiger partial charge in [-0.25, -0.2) is 5.43 Å². The molecule has 0 saturated carbocycles. The van der Waals surface area contributed by atoms with Crippen molar-refractivity contribution in [2.45, 2.75) is 33.2 Å². The van der Waals surface area contributed by atoms with Crippen LogP contribution in [0.1, 0.15) is 34.7 Å². The minimum atomic E-state index is -0.261. The van der Waals surface area contributed by atoms with Gasteiger partial charge < -0.3 is 5.73 Å². The average molecular weight is 235 g/mol. The van der Waals surface area contributed by atoms with E-state index in [-0.39, 0.29) is 18.4 Å². The molecule has 1 unspecified atom stereocenters. The normalized spacial score (nSPS) is 12.3. The van der Waals surface area contributed by atoms with E-state index in [1.807, 2.05) is 19.1 Å². The molecule has 17 heavy (non-hydrogen) atoms. The number of hydrogen-bond donors (Lipinski definition) is 3. The van der Waals surface area contributed by atoms with E-state index in [2.05, 4.69) is 24.7 Å². The van der Waals surface area contributed by atoms with Crippen LogP contribution in [0.3, 0.4) is 0 Å². The lowest BCUT2D eigenvalue weighted by Crippen LogP contribution is -2.36. The molecule has 1 amide bonds. The minimum Gasteiger partial charge on any atom is -0.324 e. The Bertz CT molecular complexity index is 415. The van der Waals surface area contributed by atoms with Crippen molar-refractivity contribution >= 4 is 5.91 Å². The summed E-state index contributed by atoms with van der Waals surface area (Å²) in [5, 5.41) is 0. The third-order valence-electron chi connectivity index (χ3n) is 3.17. The number of hydrogen-bond acceptors (Lipinski definition) is 3. The van der Waals surface area contributed by atoms with E-state index in [0.29, 0.717) is 0 Å². The predicted molar refractivity (Wildman–Crippen MR) is 69.4 cm³/mol. The number of rotatable bonds is 4. The fraction of sp³-hybridized carbons (Fsp3) is 0.462. The molecule has 1 rings (SSSR count). The van der Waals surface area contributed by atoms with Gasteiger partial charge in [-0.05, 0) is 43.0 Å². The smallest absolute Gasteiger partial charge is 0.235 e. The van der Waals surface area contributed by atoms with E-state index in [1.165, 1.54) is 16.7 Å². The quantitative estimate of drug-likeness (QED) is 0.688. The second-order valence-electron chi connectivity index (χ2n) is 4.33. The Hall–Kier alpha value is -1.39. The highest BCUT2D eigenvalue weighted by molar-refractivity contribution is 5.76. The number of amides is 1. The number of aryl methyl sites for hydroxylation is 1. The highest BCUT2D eigenvalue weighted by atomic mass is 16.2. The molecule has 0 aliphatic carbocycles. The summed E-state index contributed by atoms with van der Waals surface area (Å²) >= 11 is 0. The number of hydrazine groups is 1. The highest BCUT2D eigenvalue weighted by Crippen LogP contribution is 2.23. The molecule has 0 spiro atoms. The molecule has 0 aromatic heterocycles. The van der Waals surface area contributed by atoms with Crippen molar-refractivity contribution in [1.29, 1.82) is 0 Å². The van der Waals surface area contributed by atoms with Gasteiger partial charge in [0.25, 0.3) is 0 Å². The van der Waals surface area contributed by atoms with Gasteiger partial charge in [-0.15, -0.1) is 0 Å². The van der Waals surface area contributed by atoms with Crippen LogP contribution >= 0.6 is 0 Å². The molecule has 0 radical (unpaired) electrons. The molecular formula is C13H21N3O. The summed E-state index contributed by atoms with van der Waals surface area (Å²) in [7, 11) is 1.66. The lowest BCUT2D eigenvalue weighted by Gasteiger charge is -2.17. The number of carbonyl (C=O) groups excluding carboxylic acids is 1. The molecule has 1 atom stereocenters. The number of benzene rings is 1. The molecule has 1 aromatic carbocycles. The number of carbonyl (C=O) groups is 1. The molecular weight excluding hydrogens is 214 g/mol. The number of nitrogens with one attached hydrogen (secondary N) is 2. The Morgan fingerprint density at radius 2 is 1.94 bits per heavy atom. The standard InChI is InChI=1S/C13H21N3O/c1-8-5-6-11(10(3)9(8)2)12(14)7-13(17)16-15-4/h5-6,12,15H,7,14H2,1-4H3,(H,16,17). The van der Waals surface area contributed by atoms with E-state index >= 15 is 0 Å². The van der Waals surface area contributed by atoms with Crippen LogP contribution in [0.4, 0.5) is 0 Å². The van der Waals surface area contributed by atoms with Crippen molar-refractivity contribution in [1.82, 2.24) is 10.9 Å². The van der Waals surface area contributed by atoms with Crippen LogP contribution < -0.4 is 16.6 Å². The van der Waals surface area contributed by atoms with Crippen LogP contribution in [0.25, 0.3) is 0 Å². The molecule has 4 heteroatoms. The van der Waals surface area contributed by atoms with Crippen LogP contribution in [0, 0.1) is 20.8 Å². The summed E-state index contributed by atoms with van der Waals surface area (Å²) in [6, 6.07) is 3.80. The Kier molecular flexibility index (Phi) is 4.66. The first kappa shape index (κ1) is 13.7. The molecule has 0 heterocycles. The minimum absolute atomic E-state index is 0.0994. The summed E-state index contributed by atoms with van der Waals surface area (Å²) in [5.74, 6) is -0.0994. The Morgan fingerprint density at radius 1 is 1.29 bits per heavy atom. The van der Waals surface area contributed by atoms with Gasteiger partial charge in [-0.2, -0.15) is 0 Å². The first-order valence-corrected chi connectivity index (χ1v) is 5.75. The summed E-state index contributed by atoms with van der Waals surface area (Å²) < 4.78 is 0. The van der Waals surface area contributed by atoms with Crippen molar-refractivity contribution in [3.63, 3.8) is 0 Å². The zero-order valence-electron chi connectivity index (χ0n) is 10.9. The second kappa shape index (κ2) is 5.80. The van der Waals surface area contributed by atoms with Crippen LogP contribution in [-0.2, 0) is 4.79 Å². The van der Waals surface area contributed by atoms with E-state index < -0.39 is 0 Å². The van der Waals surface area contributed by atoms with Gasteiger partial charge >= 0.3 is 0 Å². The van der Waals surface area contributed by atoms with Crippen LogP contribution in [-0.4, -0.2) is 13.0 Å². The zero-order chi connectivity index (χ0) is 13.0. The van der Waals surface area contributed by atoms with Gasteiger partial charge in [0.15, 0.2) is 0 Å². The highest BCUT2D eigenvalue weighted by Gasteiger charge is 2.14. The van der Waals surface area contributed by atoms with Crippen molar-refractivity contribution in [2.75, 3.05) is 7.05 Å². The molecule has 4 N–H and O–H groups in total. The van der Waals surface area contributed by atoms with Crippen LogP contribution in [0.2, 0.25) is 0 Å². The maximum Gasteiger partial charge on any atom is 0.235 e. The molecule has 0 saturated heterocycles. The van der Waals surface area contributed by atoms with Crippen molar-refractivity contribution in [3.05, 3.63) is 34.4 Å².